The number of hydrogen-bond donors (Lipinski definition) is 1. The molecule has 0 aliphatic carbocycles. The molecule has 2 atom stereocenters. The second-order valence-electron chi connectivity index (χ2n) is 6.06. The van der Waals surface area contributed by atoms with Gasteiger partial charge in [-0.3, -0.25) is 9.59 Å². The molecule has 0 aromatic heterocycles. The van der Waals surface area contributed by atoms with Crippen molar-refractivity contribution in [2.45, 2.75) is 29.6 Å². The van der Waals surface area contributed by atoms with Crippen LogP contribution in [0, 0.1) is 0 Å². The van der Waals surface area contributed by atoms with E-state index in [-0.39, 0.29) is 11.2 Å². The van der Waals surface area contributed by atoms with Crippen molar-refractivity contribution in [3.63, 3.8) is 0 Å². The van der Waals surface area contributed by atoms with E-state index in [4.69, 9.17) is 14.2 Å². The summed E-state index contributed by atoms with van der Waals surface area (Å²) in [5.41, 5.74) is 1.66. The van der Waals surface area contributed by atoms with Crippen LogP contribution in [-0.2, 0) is 20.7 Å². The largest absolute Gasteiger partial charge is 0.493 e. The van der Waals surface area contributed by atoms with Gasteiger partial charge in [0.1, 0.15) is 5.25 Å². The number of carbonyl (C=O) groups is 2. The molecule has 0 fully saturated rings. The molecule has 2 unspecified atom stereocenters. The Morgan fingerprint density at radius 1 is 1.11 bits per heavy atom. The molecule has 0 saturated heterocycles. The fraction of sp³-hybridized carbons (Fsp3) is 0.300. The Morgan fingerprint density at radius 3 is 2.56 bits per heavy atom. The molecular formula is C20H21NO5S. The van der Waals surface area contributed by atoms with Crippen molar-refractivity contribution in [3.05, 3.63) is 48.0 Å². The molecule has 2 aromatic carbocycles. The summed E-state index contributed by atoms with van der Waals surface area (Å²) in [6, 6.07) is 12.9. The highest BCUT2D eigenvalue weighted by molar-refractivity contribution is 8.01. The standard InChI is InChI=1S/C20H21NO5S/c1-12(19(22)21-14-8-9-15(24-2)16(11-14)25-3)26-20(23)18-10-13-6-4-5-7-17(13)27-18/h4-9,11-12,18H,10H2,1-3H3,(H,21,22). The number of amides is 1. The molecule has 0 radical (unpaired) electrons. The van der Waals surface area contributed by atoms with Crippen LogP contribution in [0.1, 0.15) is 12.5 Å². The summed E-state index contributed by atoms with van der Waals surface area (Å²) in [5, 5.41) is 2.40. The van der Waals surface area contributed by atoms with E-state index >= 15 is 0 Å². The van der Waals surface area contributed by atoms with Gasteiger partial charge in [0.25, 0.3) is 5.91 Å². The summed E-state index contributed by atoms with van der Waals surface area (Å²) in [4.78, 5) is 25.9. The molecule has 0 saturated carbocycles. The van der Waals surface area contributed by atoms with E-state index in [1.54, 1.807) is 25.1 Å². The van der Waals surface area contributed by atoms with Crippen LogP contribution in [0.5, 0.6) is 11.5 Å². The highest BCUT2D eigenvalue weighted by Gasteiger charge is 2.31. The first-order valence-electron chi connectivity index (χ1n) is 8.49. The van der Waals surface area contributed by atoms with Gasteiger partial charge >= 0.3 is 5.97 Å². The molecular weight excluding hydrogens is 366 g/mol. The lowest BCUT2D eigenvalue weighted by atomic mass is 10.1. The molecule has 1 aliphatic rings. The number of thioether (sulfide) groups is 1. The molecule has 142 valence electrons. The lowest BCUT2D eigenvalue weighted by Crippen LogP contribution is -2.33. The van der Waals surface area contributed by atoms with Gasteiger partial charge in [0, 0.05) is 16.6 Å². The lowest BCUT2D eigenvalue weighted by Gasteiger charge is -2.16. The minimum absolute atomic E-state index is 0.321. The first-order valence-corrected chi connectivity index (χ1v) is 9.37. The van der Waals surface area contributed by atoms with Gasteiger partial charge in [0.05, 0.1) is 14.2 Å². The molecule has 1 aliphatic heterocycles. The molecule has 0 bridgehead atoms. The van der Waals surface area contributed by atoms with Crippen LogP contribution >= 0.6 is 11.8 Å². The zero-order chi connectivity index (χ0) is 19.4. The van der Waals surface area contributed by atoms with E-state index in [9.17, 15) is 9.59 Å². The fourth-order valence-electron chi connectivity index (χ4n) is 2.78. The summed E-state index contributed by atoms with van der Waals surface area (Å²) >= 11 is 1.47. The van der Waals surface area contributed by atoms with Crippen LogP contribution in [0.2, 0.25) is 0 Å². The average molecular weight is 387 g/mol. The number of anilines is 1. The van der Waals surface area contributed by atoms with E-state index in [0.717, 1.165) is 10.5 Å². The number of ether oxygens (including phenoxy) is 3. The summed E-state index contributed by atoms with van der Waals surface area (Å²) in [5.74, 6) is 0.273. The topological polar surface area (TPSA) is 73.9 Å². The molecule has 1 amide bonds. The van der Waals surface area contributed by atoms with Gasteiger partial charge < -0.3 is 19.5 Å². The van der Waals surface area contributed by atoms with Crippen LogP contribution in [0.15, 0.2) is 47.4 Å². The van der Waals surface area contributed by atoms with E-state index in [0.29, 0.717) is 23.6 Å². The van der Waals surface area contributed by atoms with Gasteiger partial charge in [-0.05, 0) is 37.1 Å². The van der Waals surface area contributed by atoms with Gasteiger partial charge in [0.15, 0.2) is 17.6 Å². The molecule has 6 nitrogen and oxygen atoms in total. The fourth-order valence-corrected chi connectivity index (χ4v) is 3.96. The second-order valence-corrected chi connectivity index (χ2v) is 7.30. The number of rotatable bonds is 6. The van der Waals surface area contributed by atoms with Crippen LogP contribution in [-0.4, -0.2) is 37.4 Å². The first-order chi connectivity index (χ1) is 13.0. The first kappa shape index (κ1) is 19.1. The van der Waals surface area contributed by atoms with Crippen molar-refractivity contribution < 1.29 is 23.8 Å². The van der Waals surface area contributed by atoms with Crippen LogP contribution in [0.25, 0.3) is 0 Å². The third-order valence-electron chi connectivity index (χ3n) is 4.22. The molecule has 3 rings (SSSR count). The average Bonchev–Trinajstić information content (AvgIpc) is 3.12. The maximum Gasteiger partial charge on any atom is 0.320 e. The van der Waals surface area contributed by atoms with Crippen molar-refractivity contribution in [1.82, 2.24) is 0 Å². The molecule has 0 spiro atoms. The summed E-state index contributed by atoms with van der Waals surface area (Å²) < 4.78 is 15.8. The Morgan fingerprint density at radius 2 is 1.85 bits per heavy atom. The third kappa shape index (κ3) is 4.36. The number of nitrogens with one attached hydrogen (secondary N) is 1. The Bertz CT molecular complexity index is 829. The number of hydrogen-bond acceptors (Lipinski definition) is 6. The van der Waals surface area contributed by atoms with Gasteiger partial charge in [-0.25, -0.2) is 0 Å². The molecule has 1 heterocycles. The van der Waals surface area contributed by atoms with Crippen LogP contribution in [0.3, 0.4) is 0 Å². The molecule has 27 heavy (non-hydrogen) atoms. The minimum atomic E-state index is -0.907. The van der Waals surface area contributed by atoms with Gasteiger partial charge in [-0.1, -0.05) is 18.2 Å². The maximum absolute atomic E-state index is 12.4. The smallest absolute Gasteiger partial charge is 0.320 e. The normalized spacial score (nSPS) is 16.2. The van der Waals surface area contributed by atoms with Gasteiger partial charge in [-0.2, -0.15) is 0 Å². The predicted octanol–water partition coefficient (Wildman–Crippen LogP) is 3.29. The SMILES string of the molecule is COc1ccc(NC(=O)C(C)OC(=O)C2Cc3ccccc3S2)cc1OC. The Hall–Kier alpha value is -2.67. The predicted molar refractivity (Wildman–Crippen MR) is 104 cm³/mol. The number of methoxy groups -OCH3 is 2. The zero-order valence-corrected chi connectivity index (χ0v) is 16.2. The summed E-state index contributed by atoms with van der Waals surface area (Å²) in [7, 11) is 3.06. The number of carbonyl (C=O) groups excluding carboxylic acids is 2. The Balaban J connectivity index is 1.57. The van der Waals surface area contributed by atoms with Crippen molar-refractivity contribution in [2.75, 3.05) is 19.5 Å². The van der Waals surface area contributed by atoms with Gasteiger partial charge in [-0.15, -0.1) is 11.8 Å². The summed E-state index contributed by atoms with van der Waals surface area (Å²) in [6.07, 6.45) is -0.293. The highest BCUT2D eigenvalue weighted by Crippen LogP contribution is 2.37. The number of benzene rings is 2. The van der Waals surface area contributed by atoms with Crippen LogP contribution < -0.4 is 14.8 Å². The number of esters is 1. The van der Waals surface area contributed by atoms with E-state index < -0.39 is 12.0 Å². The minimum Gasteiger partial charge on any atom is -0.493 e. The Kier molecular flexibility index (Phi) is 5.91. The molecule has 1 N–H and O–H groups in total. The quantitative estimate of drug-likeness (QED) is 0.767. The van der Waals surface area contributed by atoms with E-state index in [2.05, 4.69) is 5.32 Å². The Labute approximate surface area is 162 Å². The lowest BCUT2D eigenvalue weighted by molar-refractivity contribution is -0.152. The maximum atomic E-state index is 12.4. The zero-order valence-electron chi connectivity index (χ0n) is 15.4. The second kappa shape index (κ2) is 8.35. The highest BCUT2D eigenvalue weighted by atomic mass is 32.2. The van der Waals surface area contributed by atoms with E-state index in [1.807, 2.05) is 24.3 Å². The van der Waals surface area contributed by atoms with Crippen LogP contribution in [0.4, 0.5) is 5.69 Å². The molecule has 2 aromatic rings. The number of fused-ring (bicyclic) bond motifs is 1. The van der Waals surface area contributed by atoms with Crippen molar-refractivity contribution in [3.8, 4) is 11.5 Å². The van der Waals surface area contributed by atoms with Gasteiger partial charge in [0.2, 0.25) is 0 Å². The third-order valence-corrected chi connectivity index (χ3v) is 5.52. The van der Waals surface area contributed by atoms with Crippen molar-refractivity contribution >= 4 is 29.3 Å². The van der Waals surface area contributed by atoms with Crippen molar-refractivity contribution in [2.24, 2.45) is 0 Å². The van der Waals surface area contributed by atoms with E-state index in [1.165, 1.54) is 26.0 Å². The summed E-state index contributed by atoms with van der Waals surface area (Å²) in [6.45, 7) is 1.56. The molecule has 7 heteroatoms. The monoisotopic (exact) mass is 387 g/mol. The van der Waals surface area contributed by atoms with Crippen molar-refractivity contribution in [1.29, 1.82) is 0 Å².